The van der Waals surface area contributed by atoms with Crippen molar-refractivity contribution in [1.82, 2.24) is 0 Å². The molecule has 2 aliphatic rings. The lowest BCUT2D eigenvalue weighted by Crippen LogP contribution is -1.95. The lowest BCUT2D eigenvalue weighted by atomic mass is 10.3. The summed E-state index contributed by atoms with van der Waals surface area (Å²) in [4.78, 5) is 8.26. The van der Waals surface area contributed by atoms with Gasteiger partial charge in [-0.05, 0) is 56.1 Å². The zero-order chi connectivity index (χ0) is 15.8. The van der Waals surface area contributed by atoms with Gasteiger partial charge in [-0.3, -0.25) is 0 Å². The average Bonchev–Trinajstić information content (AvgIpc) is 2.56. The maximum absolute atomic E-state index is 3.76. The van der Waals surface area contributed by atoms with Gasteiger partial charge in [0.2, 0.25) is 0 Å². The molecular weight excluding hydrogens is 512 g/mol. The van der Waals surface area contributed by atoms with Gasteiger partial charge in [0.25, 0.3) is 0 Å². The van der Waals surface area contributed by atoms with Crippen LogP contribution in [0.25, 0.3) is 0 Å². The summed E-state index contributed by atoms with van der Waals surface area (Å²) in [6, 6.07) is 9.25. The topological polar surface area (TPSA) is 0 Å². The van der Waals surface area contributed by atoms with Crippen LogP contribution < -0.4 is 0 Å². The summed E-state index contributed by atoms with van der Waals surface area (Å²) in [5.41, 5.74) is 0. The molecule has 0 radical (unpaired) electrons. The second kappa shape index (κ2) is 7.80. The highest BCUT2D eigenvalue weighted by molar-refractivity contribution is 9.11. The van der Waals surface area contributed by atoms with Crippen molar-refractivity contribution in [1.29, 1.82) is 0 Å². The van der Waals surface area contributed by atoms with Gasteiger partial charge in [0.1, 0.15) is 0 Å². The summed E-state index contributed by atoms with van der Waals surface area (Å²) in [6.07, 6.45) is 0. The summed E-state index contributed by atoms with van der Waals surface area (Å²) in [5.74, 6) is 4.84. The smallest absolute Gasteiger partial charge is 0.0326 e. The van der Waals surface area contributed by atoms with Crippen molar-refractivity contribution in [2.24, 2.45) is 0 Å². The molecule has 0 N–H and O–H groups in total. The van der Waals surface area contributed by atoms with Crippen LogP contribution in [0.1, 0.15) is 0 Å². The first-order chi connectivity index (χ1) is 11.2. The molecule has 0 aromatic heterocycles. The van der Waals surface area contributed by atoms with Gasteiger partial charge in [-0.25, -0.2) is 0 Å². The van der Waals surface area contributed by atoms with Crippen molar-refractivity contribution in [3.8, 4) is 0 Å². The molecule has 0 aliphatic carbocycles. The molecule has 2 heterocycles. The van der Waals surface area contributed by atoms with Crippen LogP contribution in [0.4, 0.5) is 0 Å². The van der Waals surface area contributed by atoms with Gasteiger partial charge in [0, 0.05) is 61.3 Å². The molecule has 4 rings (SSSR count). The van der Waals surface area contributed by atoms with Crippen LogP contribution in [0, 0.1) is 0 Å². The molecular formula is C16H12Br2S5. The number of benzene rings is 2. The Bertz CT molecular complexity index is 699. The molecule has 23 heavy (non-hydrogen) atoms. The van der Waals surface area contributed by atoms with Crippen LogP contribution in [0.5, 0.6) is 0 Å². The Morgan fingerprint density at radius 1 is 0.609 bits per heavy atom. The Morgan fingerprint density at radius 2 is 0.957 bits per heavy atom. The molecule has 120 valence electrons. The zero-order valence-electron chi connectivity index (χ0n) is 11.9. The number of fused-ring (bicyclic) bond motifs is 2. The molecule has 2 aliphatic heterocycles. The predicted octanol–water partition coefficient (Wildman–Crippen LogP) is 7.76. The quantitative estimate of drug-likeness (QED) is 0.393. The molecule has 0 amide bonds. The minimum absolute atomic E-state index is 1.20. The van der Waals surface area contributed by atoms with E-state index < -0.39 is 0 Å². The molecule has 7 heteroatoms. The molecule has 0 bridgehead atoms. The number of halogens is 2. The molecule has 2 aromatic carbocycles. The van der Waals surface area contributed by atoms with E-state index in [1.807, 2.05) is 58.8 Å². The first-order valence-electron chi connectivity index (χ1n) is 7.07. The highest BCUT2D eigenvalue weighted by Crippen LogP contribution is 2.47. The standard InChI is InChI=1S/C16H12Br2S5/c17-9-5-13-15(21-3-1-19-13)7-11(9)23-12-8-16-14(6-10(12)18)20-2-4-22-16/h5-8H,1-4H2. The van der Waals surface area contributed by atoms with Crippen molar-refractivity contribution in [3.63, 3.8) is 0 Å². The summed E-state index contributed by atoms with van der Waals surface area (Å²) in [5, 5.41) is 0. The highest BCUT2D eigenvalue weighted by Gasteiger charge is 2.17. The van der Waals surface area contributed by atoms with Crippen LogP contribution in [-0.4, -0.2) is 23.0 Å². The minimum atomic E-state index is 1.20. The van der Waals surface area contributed by atoms with E-state index in [0.717, 1.165) is 0 Å². The normalized spacial score (nSPS) is 16.8. The van der Waals surface area contributed by atoms with Crippen molar-refractivity contribution in [2.75, 3.05) is 23.0 Å². The van der Waals surface area contributed by atoms with Gasteiger partial charge >= 0.3 is 0 Å². The van der Waals surface area contributed by atoms with Crippen molar-refractivity contribution < 1.29 is 0 Å². The molecule has 2 aromatic rings. The Morgan fingerprint density at radius 3 is 1.35 bits per heavy atom. The van der Waals surface area contributed by atoms with E-state index in [-0.39, 0.29) is 0 Å². The molecule has 0 spiro atoms. The molecule has 0 saturated carbocycles. The number of rotatable bonds is 2. The third kappa shape index (κ3) is 3.96. The molecule has 0 unspecified atom stereocenters. The Balaban J connectivity index is 1.68. The largest absolute Gasteiger partial charge is 0.124 e. The van der Waals surface area contributed by atoms with Crippen molar-refractivity contribution in [2.45, 2.75) is 29.4 Å². The van der Waals surface area contributed by atoms with E-state index >= 15 is 0 Å². The van der Waals surface area contributed by atoms with Gasteiger partial charge in [-0.2, -0.15) is 0 Å². The van der Waals surface area contributed by atoms with Gasteiger partial charge in [0.05, 0.1) is 0 Å². The van der Waals surface area contributed by atoms with E-state index in [9.17, 15) is 0 Å². The summed E-state index contributed by atoms with van der Waals surface area (Å²) in [7, 11) is 0. The molecule has 0 nitrogen and oxygen atoms in total. The van der Waals surface area contributed by atoms with E-state index in [1.165, 1.54) is 61.3 Å². The number of hydrogen-bond acceptors (Lipinski definition) is 5. The van der Waals surface area contributed by atoms with Crippen LogP contribution >= 0.6 is 90.7 Å². The van der Waals surface area contributed by atoms with Gasteiger partial charge in [0.15, 0.2) is 0 Å². The molecule has 0 atom stereocenters. The molecule has 0 saturated heterocycles. The minimum Gasteiger partial charge on any atom is -0.124 e. The first-order valence-corrected chi connectivity index (χ1v) is 13.4. The van der Waals surface area contributed by atoms with E-state index in [1.54, 1.807) is 0 Å². The van der Waals surface area contributed by atoms with Gasteiger partial charge in [-0.1, -0.05) is 11.8 Å². The second-order valence-corrected chi connectivity index (χ2v) is 12.3. The average molecular weight is 524 g/mol. The Kier molecular flexibility index (Phi) is 5.96. The number of hydrogen-bond donors (Lipinski definition) is 0. The first kappa shape index (κ1) is 17.6. The third-order valence-electron chi connectivity index (χ3n) is 3.41. The van der Waals surface area contributed by atoms with Gasteiger partial charge < -0.3 is 0 Å². The van der Waals surface area contributed by atoms with E-state index in [2.05, 4.69) is 56.1 Å². The van der Waals surface area contributed by atoms with Crippen LogP contribution in [0.15, 0.2) is 62.6 Å². The zero-order valence-corrected chi connectivity index (χ0v) is 19.2. The fraction of sp³-hybridized carbons (Fsp3) is 0.250. The lowest BCUT2D eigenvalue weighted by molar-refractivity contribution is 1.13. The maximum Gasteiger partial charge on any atom is 0.0326 e. The highest BCUT2D eigenvalue weighted by atomic mass is 79.9. The monoisotopic (exact) mass is 522 g/mol. The summed E-state index contributed by atoms with van der Waals surface area (Å²) in [6.45, 7) is 0. The Hall–Kier alpha value is 1.15. The van der Waals surface area contributed by atoms with E-state index in [4.69, 9.17) is 0 Å². The Labute approximate surface area is 174 Å². The lowest BCUT2D eigenvalue weighted by Gasteiger charge is -2.19. The van der Waals surface area contributed by atoms with Crippen LogP contribution in [0.3, 0.4) is 0 Å². The SMILES string of the molecule is Brc1cc2c(cc1Sc1cc3c(cc1Br)SCCS3)SCCS2. The van der Waals surface area contributed by atoms with Crippen molar-refractivity contribution >= 4 is 90.7 Å². The number of thioether (sulfide) groups is 4. The summed E-state index contributed by atoms with van der Waals surface area (Å²) < 4.78 is 2.39. The van der Waals surface area contributed by atoms with Gasteiger partial charge in [-0.15, -0.1) is 47.0 Å². The van der Waals surface area contributed by atoms with Crippen LogP contribution in [-0.2, 0) is 0 Å². The summed E-state index contributed by atoms with van der Waals surface area (Å²) >= 11 is 17.3. The molecule has 0 fully saturated rings. The van der Waals surface area contributed by atoms with Crippen LogP contribution in [0.2, 0.25) is 0 Å². The fourth-order valence-electron chi connectivity index (χ4n) is 2.37. The van der Waals surface area contributed by atoms with Crippen molar-refractivity contribution in [3.05, 3.63) is 33.2 Å². The van der Waals surface area contributed by atoms with E-state index in [0.29, 0.717) is 0 Å². The predicted molar refractivity (Wildman–Crippen MR) is 115 cm³/mol. The third-order valence-corrected chi connectivity index (χ3v) is 11.4. The maximum atomic E-state index is 3.76. The second-order valence-electron chi connectivity index (χ2n) is 4.95. The fourth-order valence-corrected chi connectivity index (χ4v) is 9.42.